The highest BCUT2D eigenvalue weighted by Crippen LogP contribution is 2.46. The van der Waals surface area contributed by atoms with E-state index in [1.165, 1.54) is 16.7 Å². The van der Waals surface area contributed by atoms with Crippen LogP contribution in [-0.4, -0.2) is 0 Å². The summed E-state index contributed by atoms with van der Waals surface area (Å²) in [5.41, 5.74) is 11.6. The fourth-order valence-electron chi connectivity index (χ4n) is 3.87. The van der Waals surface area contributed by atoms with E-state index in [1.807, 2.05) is 12.1 Å². The van der Waals surface area contributed by atoms with Gasteiger partial charge < -0.3 is 5.73 Å². The molecule has 0 aliphatic rings. The first kappa shape index (κ1) is 18.8. The monoisotopic (exact) mass is 371 g/mol. The number of hydrogen-bond donors (Lipinski definition) is 1. The number of rotatable bonds is 4. The molecule has 0 unspecified atom stereocenters. The molecule has 0 atom stereocenters. The van der Waals surface area contributed by atoms with Crippen molar-refractivity contribution in [1.82, 2.24) is 0 Å². The van der Waals surface area contributed by atoms with Crippen molar-refractivity contribution in [3.8, 4) is 0 Å². The van der Waals surface area contributed by atoms with E-state index in [0.717, 1.165) is 11.3 Å². The third kappa shape index (κ3) is 3.22. The topological polar surface area (TPSA) is 26.0 Å². The van der Waals surface area contributed by atoms with Gasteiger partial charge in [-0.25, -0.2) is 0 Å². The Morgan fingerprint density at radius 2 is 0.778 bits per heavy atom. The van der Waals surface area contributed by atoms with Crippen LogP contribution in [0.1, 0.15) is 22.3 Å². The van der Waals surface area contributed by atoms with Crippen molar-refractivity contribution in [2.24, 2.45) is 0 Å². The molecular formula is C25H22ClN. The van der Waals surface area contributed by atoms with Crippen molar-refractivity contribution in [2.75, 3.05) is 5.73 Å². The Labute approximate surface area is 166 Å². The van der Waals surface area contributed by atoms with Crippen LogP contribution in [-0.2, 0) is 5.41 Å². The number of hydrogen-bond acceptors (Lipinski definition) is 1. The van der Waals surface area contributed by atoms with Gasteiger partial charge in [0.05, 0.1) is 5.41 Å². The summed E-state index contributed by atoms with van der Waals surface area (Å²) in [6.07, 6.45) is 0. The van der Waals surface area contributed by atoms with Crippen molar-refractivity contribution >= 4 is 18.1 Å². The number of anilines is 1. The summed E-state index contributed by atoms with van der Waals surface area (Å²) in [5.74, 6) is 0. The fraction of sp³-hybridized carbons (Fsp3) is 0.0400. The molecule has 0 aliphatic heterocycles. The minimum absolute atomic E-state index is 0. The first-order valence-corrected chi connectivity index (χ1v) is 8.85. The number of nitrogens with two attached hydrogens (primary N) is 1. The maximum Gasteiger partial charge on any atom is 0.0721 e. The van der Waals surface area contributed by atoms with Crippen molar-refractivity contribution in [3.63, 3.8) is 0 Å². The van der Waals surface area contributed by atoms with E-state index in [-0.39, 0.29) is 12.4 Å². The second kappa shape index (κ2) is 8.11. The highest BCUT2D eigenvalue weighted by atomic mass is 35.5. The largest absolute Gasteiger partial charge is 0.398 e. The molecular weight excluding hydrogens is 350 g/mol. The number of benzene rings is 4. The van der Waals surface area contributed by atoms with Gasteiger partial charge in [0.15, 0.2) is 0 Å². The van der Waals surface area contributed by atoms with Gasteiger partial charge in [-0.15, -0.1) is 12.4 Å². The number of para-hydroxylation sites is 1. The molecule has 0 saturated heterocycles. The van der Waals surface area contributed by atoms with Crippen LogP contribution in [0, 0.1) is 0 Å². The lowest BCUT2D eigenvalue weighted by Gasteiger charge is -2.37. The zero-order chi connectivity index (χ0) is 17.8. The van der Waals surface area contributed by atoms with Crippen LogP contribution < -0.4 is 5.73 Å². The van der Waals surface area contributed by atoms with Crippen LogP contribution in [0.25, 0.3) is 0 Å². The third-order valence-electron chi connectivity index (χ3n) is 4.99. The summed E-state index contributed by atoms with van der Waals surface area (Å²) in [5, 5.41) is 0. The molecule has 0 fully saturated rings. The van der Waals surface area contributed by atoms with Crippen LogP contribution >= 0.6 is 12.4 Å². The van der Waals surface area contributed by atoms with E-state index >= 15 is 0 Å². The fourth-order valence-corrected chi connectivity index (χ4v) is 3.87. The third-order valence-corrected chi connectivity index (χ3v) is 4.99. The van der Waals surface area contributed by atoms with Gasteiger partial charge in [-0.3, -0.25) is 0 Å². The maximum atomic E-state index is 6.52. The second-order valence-corrected chi connectivity index (χ2v) is 6.44. The normalized spacial score (nSPS) is 10.8. The first-order chi connectivity index (χ1) is 12.8. The zero-order valence-corrected chi connectivity index (χ0v) is 15.8. The molecule has 0 aromatic heterocycles. The van der Waals surface area contributed by atoms with Gasteiger partial charge in [-0.1, -0.05) is 109 Å². The van der Waals surface area contributed by atoms with E-state index in [0.29, 0.717) is 0 Å². The molecule has 0 bridgehead atoms. The average Bonchev–Trinajstić information content (AvgIpc) is 2.72. The second-order valence-electron chi connectivity index (χ2n) is 6.44. The van der Waals surface area contributed by atoms with Crippen molar-refractivity contribution < 1.29 is 0 Å². The summed E-state index contributed by atoms with van der Waals surface area (Å²) < 4.78 is 0. The Balaban J connectivity index is 0.00000210. The molecule has 0 aliphatic carbocycles. The van der Waals surface area contributed by atoms with E-state index in [1.54, 1.807) is 0 Å². The minimum atomic E-state index is -0.463. The molecule has 0 radical (unpaired) electrons. The van der Waals surface area contributed by atoms with Gasteiger partial charge >= 0.3 is 0 Å². The number of halogens is 1. The summed E-state index contributed by atoms with van der Waals surface area (Å²) >= 11 is 0. The standard InChI is InChI=1S/C25H21N.ClH/c26-24-19-11-10-18-23(24)25(20-12-4-1-5-13-20,21-14-6-2-7-15-21)22-16-8-3-9-17-22;/h1-19H,26H2;1H. The van der Waals surface area contributed by atoms with Gasteiger partial charge in [0, 0.05) is 5.69 Å². The highest BCUT2D eigenvalue weighted by Gasteiger charge is 2.39. The van der Waals surface area contributed by atoms with Crippen LogP contribution in [0.15, 0.2) is 115 Å². The highest BCUT2D eigenvalue weighted by molar-refractivity contribution is 5.85. The summed E-state index contributed by atoms with van der Waals surface area (Å²) in [4.78, 5) is 0. The molecule has 0 amide bonds. The average molecular weight is 372 g/mol. The Bertz CT molecular complexity index is 886. The van der Waals surface area contributed by atoms with Gasteiger partial charge in [-0.2, -0.15) is 0 Å². The quantitative estimate of drug-likeness (QED) is 0.341. The molecule has 4 rings (SSSR count). The molecule has 1 nitrogen and oxygen atoms in total. The zero-order valence-electron chi connectivity index (χ0n) is 15.0. The van der Waals surface area contributed by atoms with E-state index < -0.39 is 5.41 Å². The molecule has 134 valence electrons. The molecule has 27 heavy (non-hydrogen) atoms. The molecule has 0 heterocycles. The lowest BCUT2D eigenvalue weighted by Crippen LogP contribution is -2.31. The van der Waals surface area contributed by atoms with Crippen LogP contribution in [0.4, 0.5) is 5.69 Å². The Morgan fingerprint density at radius 3 is 1.15 bits per heavy atom. The van der Waals surface area contributed by atoms with Crippen LogP contribution in [0.5, 0.6) is 0 Å². The molecule has 0 spiro atoms. The number of nitrogen functional groups attached to an aromatic ring is 1. The van der Waals surface area contributed by atoms with Gasteiger partial charge in [0.1, 0.15) is 0 Å². The van der Waals surface area contributed by atoms with E-state index in [9.17, 15) is 0 Å². The SMILES string of the molecule is Cl.Nc1ccccc1C(c1ccccc1)(c1ccccc1)c1ccccc1. The molecule has 2 heteroatoms. The maximum absolute atomic E-state index is 6.52. The lowest BCUT2D eigenvalue weighted by molar-refractivity contribution is 0.748. The minimum Gasteiger partial charge on any atom is -0.398 e. The lowest BCUT2D eigenvalue weighted by atomic mass is 9.64. The van der Waals surface area contributed by atoms with Crippen molar-refractivity contribution in [2.45, 2.75) is 5.41 Å². The van der Waals surface area contributed by atoms with Crippen molar-refractivity contribution in [1.29, 1.82) is 0 Å². The summed E-state index contributed by atoms with van der Waals surface area (Å²) in [6.45, 7) is 0. The first-order valence-electron chi connectivity index (χ1n) is 8.85. The Morgan fingerprint density at radius 1 is 0.444 bits per heavy atom. The van der Waals surface area contributed by atoms with Crippen molar-refractivity contribution in [3.05, 3.63) is 138 Å². The van der Waals surface area contributed by atoms with Gasteiger partial charge in [-0.05, 0) is 28.3 Å². The van der Waals surface area contributed by atoms with E-state index in [4.69, 9.17) is 5.73 Å². The molecule has 0 saturated carbocycles. The molecule has 4 aromatic rings. The molecule has 4 aromatic carbocycles. The Hall–Kier alpha value is -3.03. The Kier molecular flexibility index (Phi) is 5.63. The predicted octanol–water partition coefficient (Wildman–Crippen LogP) is 6.07. The molecule has 2 N–H and O–H groups in total. The van der Waals surface area contributed by atoms with Gasteiger partial charge in [0.25, 0.3) is 0 Å². The van der Waals surface area contributed by atoms with Crippen LogP contribution in [0.2, 0.25) is 0 Å². The summed E-state index contributed by atoms with van der Waals surface area (Å²) in [7, 11) is 0. The predicted molar refractivity (Wildman–Crippen MR) is 116 cm³/mol. The smallest absolute Gasteiger partial charge is 0.0721 e. The van der Waals surface area contributed by atoms with Crippen LogP contribution in [0.3, 0.4) is 0 Å². The van der Waals surface area contributed by atoms with Gasteiger partial charge in [0.2, 0.25) is 0 Å². The summed E-state index contributed by atoms with van der Waals surface area (Å²) in [6, 6.07) is 40.0. The van der Waals surface area contributed by atoms with E-state index in [2.05, 4.69) is 103 Å².